The van der Waals surface area contributed by atoms with Gasteiger partial charge in [0.1, 0.15) is 5.75 Å². The van der Waals surface area contributed by atoms with Crippen LogP contribution in [-0.2, 0) is 4.79 Å². The molecule has 14 heavy (non-hydrogen) atoms. The topological polar surface area (TPSA) is 29.5 Å². The summed E-state index contributed by atoms with van der Waals surface area (Å²) in [5, 5.41) is 0. The zero-order valence-corrected chi connectivity index (χ0v) is 8.49. The maximum absolute atomic E-state index is 11.6. The first kappa shape index (κ1) is 9.34. The largest absolute Gasteiger partial charge is 0.477 e. The predicted octanol–water partition coefficient (Wildman–Crippen LogP) is 1.65. The van der Waals surface area contributed by atoms with E-state index in [-0.39, 0.29) is 11.8 Å². The van der Waals surface area contributed by atoms with Gasteiger partial charge in [-0.3, -0.25) is 4.79 Å². The van der Waals surface area contributed by atoms with Gasteiger partial charge in [0.15, 0.2) is 6.10 Å². The molecule has 3 nitrogen and oxygen atoms in total. The van der Waals surface area contributed by atoms with Gasteiger partial charge in [0.05, 0.1) is 11.6 Å². The molecule has 4 heteroatoms. The number of likely N-dealkylation sites (N-methyl/N-ethyl adjacent to an activating group) is 1. The Labute approximate surface area is 87.2 Å². The molecule has 0 fully saturated rings. The molecule has 1 aliphatic rings. The van der Waals surface area contributed by atoms with Crippen LogP contribution < -0.4 is 9.64 Å². The van der Waals surface area contributed by atoms with Crippen LogP contribution in [0.4, 0.5) is 5.69 Å². The monoisotopic (exact) mass is 211 g/mol. The lowest BCUT2D eigenvalue weighted by Gasteiger charge is -2.30. The highest BCUT2D eigenvalue weighted by molar-refractivity contribution is 6.20. The molecule has 74 valence electrons. The standard InChI is InChI=1S/C10H10ClNO2/c1-12-7-4-2-3-5-8(7)14-9(6-11)10(12)13/h2-5,9H,6H2,1H3. The van der Waals surface area contributed by atoms with Crippen molar-refractivity contribution in [1.82, 2.24) is 0 Å². The number of halogens is 1. The van der Waals surface area contributed by atoms with E-state index in [4.69, 9.17) is 16.3 Å². The third-order valence-electron chi connectivity index (χ3n) is 2.24. The summed E-state index contributed by atoms with van der Waals surface area (Å²) >= 11 is 5.63. The molecule has 1 aromatic carbocycles. The fourth-order valence-corrected chi connectivity index (χ4v) is 1.66. The van der Waals surface area contributed by atoms with Crippen molar-refractivity contribution in [3.63, 3.8) is 0 Å². The van der Waals surface area contributed by atoms with Gasteiger partial charge in [-0.25, -0.2) is 0 Å². The smallest absolute Gasteiger partial charge is 0.269 e. The minimum atomic E-state index is -0.559. The molecule has 0 saturated carbocycles. The van der Waals surface area contributed by atoms with Crippen molar-refractivity contribution in [3.05, 3.63) is 24.3 Å². The summed E-state index contributed by atoms with van der Waals surface area (Å²) in [6, 6.07) is 7.41. The minimum Gasteiger partial charge on any atom is -0.477 e. The molecule has 0 radical (unpaired) electrons. The van der Waals surface area contributed by atoms with Crippen LogP contribution >= 0.6 is 11.6 Å². The number of anilines is 1. The molecule has 0 bridgehead atoms. The molecule has 1 unspecified atom stereocenters. The SMILES string of the molecule is CN1C(=O)C(CCl)Oc2ccccc21. The van der Waals surface area contributed by atoms with Gasteiger partial charge in [0, 0.05) is 7.05 Å². The number of rotatable bonds is 1. The Balaban J connectivity index is 2.42. The van der Waals surface area contributed by atoms with Gasteiger partial charge < -0.3 is 9.64 Å². The molecule has 1 aromatic rings. The van der Waals surface area contributed by atoms with E-state index < -0.39 is 6.10 Å². The van der Waals surface area contributed by atoms with Gasteiger partial charge in [0.2, 0.25) is 0 Å². The Kier molecular flexibility index (Phi) is 2.33. The summed E-state index contributed by atoms with van der Waals surface area (Å²) in [5.41, 5.74) is 0.791. The van der Waals surface area contributed by atoms with Crippen LogP contribution in [0.25, 0.3) is 0 Å². The molecule has 2 rings (SSSR count). The molecule has 0 saturated heterocycles. The lowest BCUT2D eigenvalue weighted by Crippen LogP contribution is -2.44. The maximum Gasteiger partial charge on any atom is 0.269 e. The summed E-state index contributed by atoms with van der Waals surface area (Å²) in [5.74, 6) is 0.788. The Morgan fingerprint density at radius 1 is 1.50 bits per heavy atom. The second kappa shape index (κ2) is 3.50. The first-order valence-electron chi connectivity index (χ1n) is 4.33. The Hall–Kier alpha value is -1.22. The van der Waals surface area contributed by atoms with Gasteiger partial charge in [-0.15, -0.1) is 11.6 Å². The number of benzene rings is 1. The normalized spacial score (nSPS) is 20.3. The minimum absolute atomic E-state index is 0.0984. The van der Waals surface area contributed by atoms with Crippen LogP contribution in [-0.4, -0.2) is 24.9 Å². The third kappa shape index (κ3) is 1.34. The molecule has 0 aromatic heterocycles. The molecule has 1 aliphatic heterocycles. The molecule has 1 amide bonds. The van der Waals surface area contributed by atoms with Crippen molar-refractivity contribution in [2.75, 3.05) is 17.8 Å². The van der Waals surface area contributed by atoms with Crippen LogP contribution in [0.3, 0.4) is 0 Å². The highest BCUT2D eigenvalue weighted by Crippen LogP contribution is 2.32. The number of hydrogen-bond donors (Lipinski definition) is 0. The number of carbonyl (C=O) groups is 1. The van der Waals surface area contributed by atoms with Crippen LogP contribution in [0.15, 0.2) is 24.3 Å². The average molecular weight is 212 g/mol. The quantitative estimate of drug-likeness (QED) is 0.661. The number of amides is 1. The van der Waals surface area contributed by atoms with Gasteiger partial charge >= 0.3 is 0 Å². The molecular weight excluding hydrogens is 202 g/mol. The highest BCUT2D eigenvalue weighted by atomic mass is 35.5. The number of fused-ring (bicyclic) bond motifs is 1. The Morgan fingerprint density at radius 2 is 2.21 bits per heavy atom. The van der Waals surface area contributed by atoms with Crippen molar-refractivity contribution < 1.29 is 9.53 Å². The van der Waals surface area contributed by atoms with E-state index in [0.717, 1.165) is 5.69 Å². The predicted molar refractivity (Wildman–Crippen MR) is 55.0 cm³/mol. The summed E-state index contributed by atoms with van der Waals surface area (Å²) in [7, 11) is 1.73. The number of nitrogens with zero attached hydrogens (tertiary/aromatic N) is 1. The summed E-state index contributed by atoms with van der Waals surface area (Å²) in [6.07, 6.45) is -0.559. The Bertz CT molecular complexity index is 367. The molecule has 0 spiro atoms. The number of alkyl halides is 1. The second-order valence-corrected chi connectivity index (χ2v) is 3.43. The van der Waals surface area contributed by atoms with Gasteiger partial charge in [-0.2, -0.15) is 0 Å². The number of hydrogen-bond acceptors (Lipinski definition) is 2. The van der Waals surface area contributed by atoms with E-state index in [1.807, 2.05) is 24.3 Å². The van der Waals surface area contributed by atoms with Crippen LogP contribution in [0, 0.1) is 0 Å². The van der Waals surface area contributed by atoms with E-state index in [9.17, 15) is 4.79 Å². The number of ether oxygens (including phenoxy) is 1. The van der Waals surface area contributed by atoms with Crippen LogP contribution in [0.1, 0.15) is 0 Å². The lowest BCUT2D eigenvalue weighted by atomic mass is 10.2. The lowest BCUT2D eigenvalue weighted by molar-refractivity contribution is -0.125. The summed E-state index contributed by atoms with van der Waals surface area (Å²) in [6.45, 7) is 0. The van der Waals surface area contributed by atoms with E-state index in [1.165, 1.54) is 0 Å². The van der Waals surface area contributed by atoms with E-state index >= 15 is 0 Å². The van der Waals surface area contributed by atoms with Crippen LogP contribution in [0.5, 0.6) is 5.75 Å². The fraction of sp³-hybridized carbons (Fsp3) is 0.300. The molecule has 0 N–H and O–H groups in total. The highest BCUT2D eigenvalue weighted by Gasteiger charge is 2.30. The van der Waals surface area contributed by atoms with Crippen molar-refractivity contribution in [1.29, 1.82) is 0 Å². The fourth-order valence-electron chi connectivity index (χ4n) is 1.47. The second-order valence-electron chi connectivity index (χ2n) is 3.13. The van der Waals surface area contributed by atoms with Crippen LogP contribution in [0.2, 0.25) is 0 Å². The zero-order chi connectivity index (χ0) is 10.1. The van der Waals surface area contributed by atoms with Gasteiger partial charge in [-0.1, -0.05) is 12.1 Å². The number of carbonyl (C=O) groups excluding carboxylic acids is 1. The van der Waals surface area contributed by atoms with E-state index in [1.54, 1.807) is 11.9 Å². The Morgan fingerprint density at radius 3 is 2.93 bits per heavy atom. The van der Waals surface area contributed by atoms with E-state index in [0.29, 0.717) is 5.75 Å². The average Bonchev–Trinajstić information content (AvgIpc) is 2.23. The third-order valence-corrected chi connectivity index (χ3v) is 2.52. The van der Waals surface area contributed by atoms with Crippen molar-refractivity contribution in [2.45, 2.75) is 6.10 Å². The summed E-state index contributed by atoms with van der Waals surface area (Å²) in [4.78, 5) is 13.2. The molecule has 1 heterocycles. The molecule has 0 aliphatic carbocycles. The number of para-hydroxylation sites is 2. The van der Waals surface area contributed by atoms with Gasteiger partial charge in [0.25, 0.3) is 5.91 Å². The zero-order valence-electron chi connectivity index (χ0n) is 7.74. The van der Waals surface area contributed by atoms with Crippen molar-refractivity contribution >= 4 is 23.2 Å². The summed E-state index contributed by atoms with van der Waals surface area (Å²) < 4.78 is 5.44. The van der Waals surface area contributed by atoms with Crippen molar-refractivity contribution in [2.24, 2.45) is 0 Å². The first-order chi connectivity index (χ1) is 6.74. The van der Waals surface area contributed by atoms with E-state index in [2.05, 4.69) is 0 Å². The van der Waals surface area contributed by atoms with Gasteiger partial charge in [-0.05, 0) is 12.1 Å². The van der Waals surface area contributed by atoms with Crippen molar-refractivity contribution in [3.8, 4) is 5.75 Å². The maximum atomic E-state index is 11.6. The molecule has 1 atom stereocenters. The molecular formula is C10H10ClNO2. The first-order valence-corrected chi connectivity index (χ1v) is 4.86.